The Morgan fingerprint density at radius 3 is 2.22 bits per heavy atom. The molecule has 5 nitrogen and oxygen atoms in total. The van der Waals surface area contributed by atoms with Gasteiger partial charge in [-0.1, -0.05) is 53.0 Å². The molecule has 1 aromatic heterocycles. The monoisotopic (exact) mass is 514 g/mol. The van der Waals surface area contributed by atoms with Crippen LogP contribution in [0.15, 0.2) is 29.2 Å². The summed E-state index contributed by atoms with van der Waals surface area (Å²) in [5.74, 6) is 0.565. The normalized spacial score (nSPS) is 19.0. The number of aliphatic hydroxyl groups is 1. The second-order valence-electron chi connectivity index (χ2n) is 13.3. The molecule has 2 N–H and O–H groups in total. The van der Waals surface area contributed by atoms with Crippen molar-refractivity contribution in [1.82, 2.24) is 9.29 Å². The molecule has 0 spiro atoms. The number of hydrogen-bond donors (Lipinski definition) is 2. The first-order valence-electron chi connectivity index (χ1n) is 13.7. The highest BCUT2D eigenvalue weighted by Gasteiger charge is 2.40. The maximum atomic E-state index is 13.4. The number of sulfonamides is 1. The van der Waals surface area contributed by atoms with Crippen molar-refractivity contribution < 1.29 is 13.5 Å². The molecule has 0 saturated heterocycles. The van der Waals surface area contributed by atoms with Crippen molar-refractivity contribution in [2.45, 2.75) is 121 Å². The summed E-state index contributed by atoms with van der Waals surface area (Å²) < 4.78 is 31.7. The zero-order valence-corrected chi connectivity index (χ0v) is 24.2. The highest BCUT2D eigenvalue weighted by molar-refractivity contribution is 7.89. The smallest absolute Gasteiger partial charge is 0.242 e. The average molecular weight is 515 g/mol. The standard InChI is InChI=1S/C30H46N2O3S/c1-21-27(36(34,35)31-20-29(5,6)33)18-26(32(21)19-22-11-9-8-10-12-22)23-15-24(28(2,3)4)17-25(16-23)30(7)13-14-30/h15-18,22,31,33H,8-14,19-20H2,1-7H3. The lowest BCUT2D eigenvalue weighted by Crippen LogP contribution is -2.38. The molecular weight excluding hydrogens is 468 g/mol. The van der Waals surface area contributed by atoms with Crippen molar-refractivity contribution in [1.29, 1.82) is 0 Å². The third kappa shape index (κ3) is 6.08. The fraction of sp³-hybridized carbons (Fsp3) is 0.667. The van der Waals surface area contributed by atoms with Crippen molar-refractivity contribution in [3.05, 3.63) is 41.1 Å². The maximum Gasteiger partial charge on any atom is 0.242 e. The Labute approximate surface area is 218 Å². The number of aromatic nitrogens is 1. The molecule has 0 aliphatic heterocycles. The van der Waals surface area contributed by atoms with Gasteiger partial charge in [-0.3, -0.25) is 0 Å². The third-order valence-corrected chi connectivity index (χ3v) is 9.78. The van der Waals surface area contributed by atoms with Crippen LogP contribution in [0, 0.1) is 12.8 Å². The van der Waals surface area contributed by atoms with E-state index in [-0.39, 0.29) is 17.4 Å². The molecule has 2 fully saturated rings. The Kier molecular flexibility index (Phi) is 7.30. The van der Waals surface area contributed by atoms with E-state index < -0.39 is 15.6 Å². The largest absolute Gasteiger partial charge is 0.389 e. The van der Waals surface area contributed by atoms with Gasteiger partial charge in [0.25, 0.3) is 0 Å². The zero-order valence-electron chi connectivity index (χ0n) is 23.4. The lowest BCUT2D eigenvalue weighted by Gasteiger charge is -2.26. The minimum absolute atomic E-state index is 0.00494. The van der Waals surface area contributed by atoms with E-state index in [4.69, 9.17) is 0 Å². The second kappa shape index (κ2) is 9.59. The van der Waals surface area contributed by atoms with Crippen LogP contribution in [0.4, 0.5) is 0 Å². The summed E-state index contributed by atoms with van der Waals surface area (Å²) in [7, 11) is -3.77. The fourth-order valence-corrected chi connectivity index (χ4v) is 6.84. The number of benzene rings is 1. The molecule has 0 amide bonds. The van der Waals surface area contributed by atoms with Gasteiger partial charge >= 0.3 is 0 Å². The second-order valence-corrected chi connectivity index (χ2v) is 15.1. The number of rotatable bonds is 8. The average Bonchev–Trinajstić information content (AvgIpc) is 3.46. The summed E-state index contributed by atoms with van der Waals surface area (Å²) in [5, 5.41) is 10.1. The number of hydrogen-bond acceptors (Lipinski definition) is 3. The molecule has 6 heteroatoms. The summed E-state index contributed by atoms with van der Waals surface area (Å²) in [6.45, 7) is 15.0. The molecule has 0 bridgehead atoms. The van der Waals surface area contributed by atoms with Gasteiger partial charge in [-0.15, -0.1) is 0 Å². The molecule has 36 heavy (non-hydrogen) atoms. The number of nitrogens with one attached hydrogen (secondary N) is 1. The van der Waals surface area contributed by atoms with E-state index in [0.717, 1.165) is 23.5 Å². The minimum Gasteiger partial charge on any atom is -0.389 e. The summed E-state index contributed by atoms with van der Waals surface area (Å²) in [6.07, 6.45) is 8.58. The summed E-state index contributed by atoms with van der Waals surface area (Å²) >= 11 is 0. The van der Waals surface area contributed by atoms with Gasteiger partial charge in [-0.05, 0) is 98.1 Å². The maximum absolute atomic E-state index is 13.4. The topological polar surface area (TPSA) is 71.3 Å². The van der Waals surface area contributed by atoms with Crippen LogP contribution in [0.3, 0.4) is 0 Å². The molecule has 0 atom stereocenters. The summed E-state index contributed by atoms with van der Waals surface area (Å²) in [5.41, 5.74) is 4.60. The Morgan fingerprint density at radius 2 is 1.67 bits per heavy atom. The molecule has 1 heterocycles. The van der Waals surface area contributed by atoms with E-state index in [1.807, 2.05) is 13.0 Å². The highest BCUT2D eigenvalue weighted by Crippen LogP contribution is 2.49. The van der Waals surface area contributed by atoms with Crippen molar-refractivity contribution in [2.75, 3.05) is 6.54 Å². The van der Waals surface area contributed by atoms with E-state index >= 15 is 0 Å². The van der Waals surface area contributed by atoms with Crippen molar-refractivity contribution in [3.63, 3.8) is 0 Å². The highest BCUT2D eigenvalue weighted by atomic mass is 32.2. The molecule has 2 aliphatic carbocycles. The van der Waals surface area contributed by atoms with Gasteiger partial charge in [0.05, 0.1) is 5.60 Å². The summed E-state index contributed by atoms with van der Waals surface area (Å²) in [4.78, 5) is 0.318. The third-order valence-electron chi connectivity index (χ3n) is 8.26. The lowest BCUT2D eigenvalue weighted by atomic mass is 9.82. The minimum atomic E-state index is -3.77. The van der Waals surface area contributed by atoms with Gasteiger partial charge in [-0.25, -0.2) is 13.1 Å². The van der Waals surface area contributed by atoms with E-state index in [9.17, 15) is 13.5 Å². The van der Waals surface area contributed by atoms with E-state index in [2.05, 4.69) is 55.2 Å². The van der Waals surface area contributed by atoms with Crippen molar-refractivity contribution >= 4 is 10.0 Å². The molecule has 1 aromatic carbocycles. The van der Waals surface area contributed by atoms with Gasteiger partial charge in [-0.2, -0.15) is 0 Å². The van der Waals surface area contributed by atoms with Gasteiger partial charge in [0.15, 0.2) is 0 Å². The van der Waals surface area contributed by atoms with Crippen LogP contribution < -0.4 is 4.72 Å². The van der Waals surface area contributed by atoms with Gasteiger partial charge in [0, 0.05) is 24.5 Å². The lowest BCUT2D eigenvalue weighted by molar-refractivity contribution is 0.0857. The molecule has 2 saturated carbocycles. The molecule has 2 aliphatic rings. The van der Waals surface area contributed by atoms with Crippen LogP contribution in [-0.4, -0.2) is 30.2 Å². The summed E-state index contributed by atoms with van der Waals surface area (Å²) in [6, 6.07) is 8.79. The van der Waals surface area contributed by atoms with Crippen LogP contribution in [0.2, 0.25) is 0 Å². The zero-order chi connectivity index (χ0) is 26.5. The van der Waals surface area contributed by atoms with E-state index in [1.54, 1.807) is 13.8 Å². The Balaban J connectivity index is 1.85. The molecule has 0 radical (unpaired) electrons. The number of nitrogens with zero attached hydrogens (tertiary/aromatic N) is 1. The van der Waals surface area contributed by atoms with Crippen LogP contribution in [0.5, 0.6) is 0 Å². The predicted molar refractivity (Wildman–Crippen MR) is 148 cm³/mol. The van der Waals surface area contributed by atoms with Crippen LogP contribution in [0.25, 0.3) is 11.3 Å². The molecule has 200 valence electrons. The molecular formula is C30H46N2O3S. The van der Waals surface area contributed by atoms with Crippen LogP contribution >= 0.6 is 0 Å². The van der Waals surface area contributed by atoms with Crippen LogP contribution in [-0.2, 0) is 27.4 Å². The quantitative estimate of drug-likeness (QED) is 0.426. The van der Waals surface area contributed by atoms with Gasteiger partial charge in [0.2, 0.25) is 10.0 Å². The van der Waals surface area contributed by atoms with Gasteiger partial charge < -0.3 is 9.67 Å². The SMILES string of the molecule is Cc1c(S(=O)(=O)NCC(C)(C)O)cc(-c2cc(C(C)(C)C)cc(C3(C)CC3)c2)n1CC1CCCCC1. The van der Waals surface area contributed by atoms with Crippen molar-refractivity contribution in [3.8, 4) is 11.3 Å². The van der Waals surface area contributed by atoms with E-state index in [1.165, 1.54) is 56.1 Å². The first-order valence-corrected chi connectivity index (χ1v) is 15.2. The molecule has 4 rings (SSSR count). The Morgan fingerprint density at radius 1 is 1.03 bits per heavy atom. The first-order chi connectivity index (χ1) is 16.6. The van der Waals surface area contributed by atoms with Gasteiger partial charge in [0.1, 0.15) is 4.90 Å². The molecule has 2 aromatic rings. The van der Waals surface area contributed by atoms with E-state index in [0.29, 0.717) is 10.8 Å². The Bertz CT molecular complexity index is 1180. The molecule has 0 unspecified atom stereocenters. The van der Waals surface area contributed by atoms with Crippen molar-refractivity contribution in [2.24, 2.45) is 5.92 Å². The first kappa shape index (κ1) is 27.4. The Hall–Kier alpha value is -1.63. The predicted octanol–water partition coefficient (Wildman–Crippen LogP) is 6.44. The fourth-order valence-electron chi connectivity index (χ4n) is 5.38. The van der Waals surface area contributed by atoms with Crippen LogP contribution in [0.1, 0.15) is 103 Å².